The van der Waals surface area contributed by atoms with E-state index in [1.165, 1.54) is 6.33 Å². The predicted molar refractivity (Wildman–Crippen MR) is 84.0 cm³/mol. The molecular weight excluding hydrogens is 312 g/mol. The van der Waals surface area contributed by atoms with Crippen LogP contribution in [-0.2, 0) is 9.53 Å². The highest BCUT2D eigenvalue weighted by atomic mass is 16.5. The van der Waals surface area contributed by atoms with E-state index >= 15 is 0 Å². The van der Waals surface area contributed by atoms with Gasteiger partial charge in [0.25, 0.3) is 5.91 Å². The van der Waals surface area contributed by atoms with E-state index < -0.39 is 12.1 Å². The van der Waals surface area contributed by atoms with E-state index in [0.717, 1.165) is 11.3 Å². The lowest BCUT2D eigenvalue weighted by molar-refractivity contribution is -0.141. The van der Waals surface area contributed by atoms with Crippen LogP contribution in [0, 0.1) is 6.92 Å². The molecule has 0 aliphatic carbocycles. The van der Waals surface area contributed by atoms with Crippen molar-refractivity contribution in [2.75, 3.05) is 19.7 Å². The van der Waals surface area contributed by atoms with E-state index in [0.29, 0.717) is 18.7 Å². The molecule has 1 atom stereocenters. The number of amides is 1. The summed E-state index contributed by atoms with van der Waals surface area (Å²) < 4.78 is 7.04. The van der Waals surface area contributed by atoms with E-state index in [9.17, 15) is 9.59 Å². The number of carboxylic acids is 1. The predicted octanol–water partition coefficient (Wildman–Crippen LogP) is 0.891. The van der Waals surface area contributed by atoms with Gasteiger partial charge in [-0.05, 0) is 30.7 Å². The van der Waals surface area contributed by atoms with E-state index in [-0.39, 0.29) is 18.9 Å². The maximum absolute atomic E-state index is 12.7. The zero-order chi connectivity index (χ0) is 17.1. The standard InChI is InChI=1S/C16H18N4O4/c1-11-6-12(2-3-14(11)20-10-17-9-18-20)16(23)19-4-5-24-13(8-19)7-15(21)22/h2-3,6,9-10,13H,4-5,7-8H2,1H3,(H,21,22)/t13-/m1/s1. The second-order valence-corrected chi connectivity index (χ2v) is 5.68. The number of benzene rings is 1. The minimum Gasteiger partial charge on any atom is -0.481 e. The van der Waals surface area contributed by atoms with Crippen molar-refractivity contribution in [1.82, 2.24) is 19.7 Å². The topological polar surface area (TPSA) is 97.6 Å². The Morgan fingerprint density at radius 2 is 2.25 bits per heavy atom. The van der Waals surface area contributed by atoms with Crippen molar-refractivity contribution in [2.24, 2.45) is 0 Å². The Morgan fingerprint density at radius 1 is 1.42 bits per heavy atom. The van der Waals surface area contributed by atoms with Crippen molar-refractivity contribution in [3.8, 4) is 5.69 Å². The van der Waals surface area contributed by atoms with Crippen LogP contribution >= 0.6 is 0 Å². The van der Waals surface area contributed by atoms with Gasteiger partial charge >= 0.3 is 5.97 Å². The van der Waals surface area contributed by atoms with Gasteiger partial charge in [-0.2, -0.15) is 5.10 Å². The largest absolute Gasteiger partial charge is 0.481 e. The summed E-state index contributed by atoms with van der Waals surface area (Å²) in [7, 11) is 0. The molecule has 1 N–H and O–H groups in total. The summed E-state index contributed by atoms with van der Waals surface area (Å²) in [5, 5.41) is 13.0. The number of aliphatic carboxylic acids is 1. The smallest absolute Gasteiger partial charge is 0.306 e. The van der Waals surface area contributed by atoms with Crippen LogP contribution in [0.1, 0.15) is 22.3 Å². The van der Waals surface area contributed by atoms with Gasteiger partial charge in [0, 0.05) is 18.7 Å². The second kappa shape index (κ2) is 6.79. The molecule has 1 saturated heterocycles. The molecule has 126 valence electrons. The molecule has 0 unspecified atom stereocenters. The zero-order valence-electron chi connectivity index (χ0n) is 13.3. The highest BCUT2D eigenvalue weighted by Crippen LogP contribution is 2.18. The number of morpholine rings is 1. The molecule has 2 aromatic rings. The van der Waals surface area contributed by atoms with Gasteiger partial charge in [0.15, 0.2) is 0 Å². The summed E-state index contributed by atoms with van der Waals surface area (Å²) in [6, 6.07) is 5.38. The Balaban J connectivity index is 1.75. The van der Waals surface area contributed by atoms with Gasteiger partial charge in [0.05, 0.1) is 24.8 Å². The molecule has 0 saturated carbocycles. The molecular formula is C16H18N4O4. The number of hydrogen-bond acceptors (Lipinski definition) is 5. The Labute approximate surface area is 138 Å². The Morgan fingerprint density at radius 3 is 2.92 bits per heavy atom. The number of hydrogen-bond donors (Lipinski definition) is 1. The minimum absolute atomic E-state index is 0.103. The second-order valence-electron chi connectivity index (χ2n) is 5.68. The first-order valence-electron chi connectivity index (χ1n) is 7.63. The molecule has 1 aromatic carbocycles. The van der Waals surface area contributed by atoms with Crippen LogP contribution in [-0.4, -0.2) is 62.4 Å². The van der Waals surface area contributed by atoms with Crippen molar-refractivity contribution >= 4 is 11.9 Å². The number of carboxylic acid groups (broad SMARTS) is 1. The van der Waals surface area contributed by atoms with Gasteiger partial charge < -0.3 is 14.7 Å². The van der Waals surface area contributed by atoms with E-state index in [1.807, 2.05) is 13.0 Å². The third-order valence-electron chi connectivity index (χ3n) is 3.94. The molecule has 1 aromatic heterocycles. The van der Waals surface area contributed by atoms with Crippen LogP contribution in [0.2, 0.25) is 0 Å². The molecule has 1 fully saturated rings. The maximum atomic E-state index is 12.7. The highest BCUT2D eigenvalue weighted by molar-refractivity contribution is 5.94. The molecule has 8 nitrogen and oxygen atoms in total. The fraction of sp³-hybridized carbons (Fsp3) is 0.375. The van der Waals surface area contributed by atoms with Crippen LogP contribution < -0.4 is 0 Å². The average Bonchev–Trinajstić information content (AvgIpc) is 3.08. The lowest BCUT2D eigenvalue weighted by atomic mass is 10.1. The van der Waals surface area contributed by atoms with Crippen LogP contribution in [0.25, 0.3) is 5.69 Å². The third kappa shape index (κ3) is 3.43. The molecule has 0 bridgehead atoms. The lowest BCUT2D eigenvalue weighted by Gasteiger charge is -2.32. The highest BCUT2D eigenvalue weighted by Gasteiger charge is 2.26. The fourth-order valence-corrected chi connectivity index (χ4v) is 2.78. The Kier molecular flexibility index (Phi) is 4.57. The molecule has 2 heterocycles. The zero-order valence-corrected chi connectivity index (χ0v) is 13.3. The summed E-state index contributed by atoms with van der Waals surface area (Å²) in [4.78, 5) is 29.0. The van der Waals surface area contributed by atoms with Crippen LogP contribution in [0.5, 0.6) is 0 Å². The number of rotatable bonds is 4. The molecule has 0 spiro atoms. The van der Waals surface area contributed by atoms with E-state index in [1.54, 1.807) is 28.0 Å². The number of carbonyl (C=O) groups excluding carboxylic acids is 1. The molecule has 1 aliphatic rings. The molecule has 8 heteroatoms. The number of nitrogens with zero attached hydrogens (tertiary/aromatic N) is 4. The van der Waals surface area contributed by atoms with Gasteiger partial charge in [-0.25, -0.2) is 9.67 Å². The third-order valence-corrected chi connectivity index (χ3v) is 3.94. The van der Waals surface area contributed by atoms with Crippen LogP contribution in [0.15, 0.2) is 30.9 Å². The van der Waals surface area contributed by atoms with Gasteiger partial charge in [-0.3, -0.25) is 9.59 Å². The Bertz CT molecular complexity index is 745. The van der Waals surface area contributed by atoms with Crippen molar-refractivity contribution in [2.45, 2.75) is 19.4 Å². The number of aromatic nitrogens is 3. The lowest BCUT2D eigenvalue weighted by Crippen LogP contribution is -2.46. The molecule has 1 aliphatic heterocycles. The van der Waals surface area contributed by atoms with Crippen molar-refractivity contribution < 1.29 is 19.4 Å². The average molecular weight is 330 g/mol. The summed E-state index contributed by atoms with van der Waals surface area (Å²) in [5.41, 5.74) is 2.32. The minimum atomic E-state index is -0.928. The summed E-state index contributed by atoms with van der Waals surface area (Å²) in [6.45, 7) is 2.99. The van der Waals surface area contributed by atoms with Gasteiger partial charge in [-0.15, -0.1) is 0 Å². The first kappa shape index (κ1) is 16.1. The monoisotopic (exact) mass is 330 g/mol. The van der Waals surface area contributed by atoms with Crippen molar-refractivity contribution in [3.05, 3.63) is 42.0 Å². The molecule has 0 radical (unpaired) electrons. The normalized spacial score (nSPS) is 17.7. The number of ether oxygens (including phenoxy) is 1. The van der Waals surface area contributed by atoms with E-state index in [2.05, 4.69) is 10.1 Å². The van der Waals surface area contributed by atoms with Crippen molar-refractivity contribution in [1.29, 1.82) is 0 Å². The summed E-state index contributed by atoms with van der Waals surface area (Å²) in [5.74, 6) is -1.05. The van der Waals surface area contributed by atoms with Gasteiger partial charge in [0.2, 0.25) is 0 Å². The molecule has 1 amide bonds. The van der Waals surface area contributed by atoms with Crippen molar-refractivity contribution in [3.63, 3.8) is 0 Å². The van der Waals surface area contributed by atoms with Gasteiger partial charge in [-0.1, -0.05) is 0 Å². The SMILES string of the molecule is Cc1cc(C(=O)N2CCO[C@H](CC(=O)O)C2)ccc1-n1cncn1. The molecule has 24 heavy (non-hydrogen) atoms. The van der Waals surface area contributed by atoms with Crippen LogP contribution in [0.3, 0.4) is 0 Å². The van der Waals surface area contributed by atoms with E-state index in [4.69, 9.17) is 9.84 Å². The quantitative estimate of drug-likeness (QED) is 0.894. The molecule has 3 rings (SSSR count). The maximum Gasteiger partial charge on any atom is 0.306 e. The van der Waals surface area contributed by atoms with Crippen LogP contribution in [0.4, 0.5) is 0 Å². The summed E-state index contributed by atoms with van der Waals surface area (Å²) >= 11 is 0. The first-order chi connectivity index (χ1) is 11.5. The Hall–Kier alpha value is -2.74. The van der Waals surface area contributed by atoms with Gasteiger partial charge in [0.1, 0.15) is 12.7 Å². The summed E-state index contributed by atoms with van der Waals surface area (Å²) in [6.07, 6.45) is 2.49. The first-order valence-corrected chi connectivity index (χ1v) is 7.63. The number of carbonyl (C=O) groups is 2. The number of aryl methyl sites for hydroxylation is 1. The fourth-order valence-electron chi connectivity index (χ4n) is 2.78.